The molecule has 0 amide bonds. The maximum atomic E-state index is 13.3. The third-order valence-corrected chi connectivity index (χ3v) is 3.45. The fourth-order valence-corrected chi connectivity index (χ4v) is 2.50. The van der Waals surface area contributed by atoms with E-state index in [1.54, 1.807) is 42.6 Å². The Morgan fingerprint density at radius 3 is 2.50 bits per heavy atom. The minimum absolute atomic E-state index is 0.101. The monoisotopic (exact) mass is 302 g/mol. The number of para-hydroxylation sites is 1. The fourth-order valence-electron chi connectivity index (χ4n) is 2.50. The summed E-state index contributed by atoms with van der Waals surface area (Å²) in [6, 6.07) is 10.2. The molecular formula is C15H9F3N4. The first-order valence-corrected chi connectivity index (χ1v) is 6.53. The number of rotatable bonds is 1. The number of hydrogen-bond donors (Lipinski definition) is 2. The number of nitrogens with one attached hydrogen (secondary N) is 2. The van der Waals surface area contributed by atoms with Gasteiger partial charge in [-0.2, -0.15) is 13.2 Å². The van der Waals surface area contributed by atoms with Crippen LogP contribution in [0.15, 0.2) is 42.6 Å². The lowest BCUT2D eigenvalue weighted by Gasteiger charge is -2.08. The molecule has 0 aliphatic heterocycles. The van der Waals surface area contributed by atoms with Crippen molar-refractivity contribution in [1.29, 1.82) is 0 Å². The molecule has 0 aliphatic carbocycles. The van der Waals surface area contributed by atoms with Crippen molar-refractivity contribution in [3.63, 3.8) is 0 Å². The molecule has 0 fully saturated rings. The molecule has 0 saturated carbocycles. The lowest BCUT2D eigenvalue weighted by molar-refractivity contribution is -0.139. The van der Waals surface area contributed by atoms with Crippen LogP contribution in [0, 0.1) is 0 Å². The second kappa shape index (κ2) is 4.33. The van der Waals surface area contributed by atoms with Crippen LogP contribution in [0.4, 0.5) is 13.2 Å². The van der Waals surface area contributed by atoms with Crippen molar-refractivity contribution in [2.75, 3.05) is 0 Å². The number of fused-ring (bicyclic) bond motifs is 3. The first-order valence-electron chi connectivity index (χ1n) is 6.53. The van der Waals surface area contributed by atoms with Crippen LogP contribution in [0.2, 0.25) is 0 Å². The first kappa shape index (κ1) is 12.9. The molecule has 0 atom stereocenters. The quantitative estimate of drug-likeness (QED) is 0.555. The Hall–Kier alpha value is -2.83. The number of aromatic amines is 2. The van der Waals surface area contributed by atoms with Crippen molar-refractivity contribution in [3.05, 3.63) is 48.3 Å². The van der Waals surface area contributed by atoms with E-state index in [1.165, 1.54) is 0 Å². The zero-order chi connectivity index (χ0) is 15.3. The summed E-state index contributed by atoms with van der Waals surface area (Å²) in [6.45, 7) is 0. The fraction of sp³-hybridized carbons (Fsp3) is 0.0667. The van der Waals surface area contributed by atoms with Gasteiger partial charge in [-0.1, -0.05) is 18.2 Å². The Bertz CT molecular complexity index is 968. The normalized spacial score (nSPS) is 12.3. The van der Waals surface area contributed by atoms with E-state index in [2.05, 4.69) is 19.9 Å². The van der Waals surface area contributed by atoms with E-state index in [9.17, 15) is 13.2 Å². The largest absolute Gasteiger partial charge is 0.435 e. The van der Waals surface area contributed by atoms with Crippen molar-refractivity contribution >= 4 is 21.9 Å². The van der Waals surface area contributed by atoms with E-state index >= 15 is 0 Å². The van der Waals surface area contributed by atoms with Crippen molar-refractivity contribution in [3.8, 4) is 11.5 Å². The molecule has 3 aromatic heterocycles. The number of benzene rings is 1. The molecule has 0 aliphatic rings. The van der Waals surface area contributed by atoms with Crippen LogP contribution in [0.25, 0.3) is 33.5 Å². The molecule has 2 N–H and O–H groups in total. The summed E-state index contributed by atoms with van der Waals surface area (Å²) >= 11 is 0. The number of hydrogen-bond acceptors (Lipinski definition) is 2. The highest BCUT2D eigenvalue weighted by atomic mass is 19.4. The maximum Gasteiger partial charge on any atom is 0.435 e. The standard InChI is InChI=1S/C15H9F3N4/c16-15(17,18)13-12-11(8-4-1-2-5-9(8)20-13)21-14(22-12)10-6-3-7-19-10/h1-7,19H,(H,21,22). The third-order valence-electron chi connectivity index (χ3n) is 3.45. The Morgan fingerprint density at radius 1 is 0.955 bits per heavy atom. The van der Waals surface area contributed by atoms with E-state index in [4.69, 9.17) is 0 Å². The Labute approximate surface area is 122 Å². The van der Waals surface area contributed by atoms with Crippen molar-refractivity contribution < 1.29 is 13.2 Å². The van der Waals surface area contributed by atoms with Gasteiger partial charge in [-0.25, -0.2) is 9.97 Å². The van der Waals surface area contributed by atoms with Gasteiger partial charge < -0.3 is 9.97 Å². The van der Waals surface area contributed by atoms with Gasteiger partial charge in [-0.05, 0) is 18.2 Å². The molecular weight excluding hydrogens is 293 g/mol. The lowest BCUT2D eigenvalue weighted by atomic mass is 10.1. The van der Waals surface area contributed by atoms with Crippen LogP contribution >= 0.6 is 0 Å². The topological polar surface area (TPSA) is 57.4 Å². The van der Waals surface area contributed by atoms with Crippen LogP contribution < -0.4 is 0 Å². The van der Waals surface area contributed by atoms with E-state index in [0.29, 0.717) is 16.9 Å². The van der Waals surface area contributed by atoms with E-state index in [1.807, 2.05) is 0 Å². The van der Waals surface area contributed by atoms with Gasteiger partial charge in [0.15, 0.2) is 11.5 Å². The number of aromatic nitrogens is 4. The zero-order valence-corrected chi connectivity index (χ0v) is 11.1. The van der Waals surface area contributed by atoms with Gasteiger partial charge >= 0.3 is 6.18 Å². The highest BCUT2D eigenvalue weighted by Gasteiger charge is 2.36. The molecule has 4 nitrogen and oxygen atoms in total. The average molecular weight is 302 g/mol. The van der Waals surface area contributed by atoms with Gasteiger partial charge in [0.25, 0.3) is 0 Å². The third kappa shape index (κ3) is 1.86. The predicted octanol–water partition coefficient (Wildman–Crippen LogP) is 4.13. The van der Waals surface area contributed by atoms with Gasteiger partial charge in [0.05, 0.1) is 16.7 Å². The summed E-state index contributed by atoms with van der Waals surface area (Å²) in [4.78, 5) is 13.8. The van der Waals surface area contributed by atoms with Crippen molar-refractivity contribution in [1.82, 2.24) is 19.9 Å². The Kier molecular flexibility index (Phi) is 2.53. The number of pyridine rings is 1. The average Bonchev–Trinajstić information content (AvgIpc) is 3.14. The lowest BCUT2D eigenvalue weighted by Crippen LogP contribution is -2.09. The summed E-state index contributed by atoms with van der Waals surface area (Å²) in [6.07, 6.45) is -2.87. The second-order valence-electron chi connectivity index (χ2n) is 4.87. The molecule has 0 radical (unpaired) electrons. The summed E-state index contributed by atoms with van der Waals surface area (Å²) in [5, 5.41) is 0.583. The molecule has 0 spiro atoms. The number of nitrogens with zero attached hydrogens (tertiary/aromatic N) is 2. The summed E-state index contributed by atoms with van der Waals surface area (Å²) < 4.78 is 39.8. The van der Waals surface area contributed by atoms with E-state index in [0.717, 1.165) is 0 Å². The van der Waals surface area contributed by atoms with Gasteiger partial charge in [0, 0.05) is 11.6 Å². The first-order chi connectivity index (χ1) is 10.5. The molecule has 3 heterocycles. The SMILES string of the molecule is FC(F)(F)c1nc2ccccc2c2nc(-c3ccc[nH]3)[nH]c12. The van der Waals surface area contributed by atoms with Crippen LogP contribution in [0.3, 0.4) is 0 Å². The molecule has 110 valence electrons. The maximum absolute atomic E-state index is 13.3. The summed E-state index contributed by atoms with van der Waals surface area (Å²) in [7, 11) is 0. The molecule has 4 rings (SSSR count). The smallest absolute Gasteiger partial charge is 0.359 e. The number of alkyl halides is 3. The van der Waals surface area contributed by atoms with Gasteiger partial charge in [-0.15, -0.1) is 0 Å². The molecule has 1 aromatic carbocycles. The molecule has 7 heteroatoms. The Balaban J connectivity index is 2.13. The molecule has 0 bridgehead atoms. The van der Waals surface area contributed by atoms with Crippen LogP contribution in [0.5, 0.6) is 0 Å². The summed E-state index contributed by atoms with van der Waals surface area (Å²) in [5.41, 5.74) is 0.102. The highest BCUT2D eigenvalue weighted by molar-refractivity contribution is 6.04. The van der Waals surface area contributed by atoms with Crippen LogP contribution in [-0.2, 0) is 6.18 Å². The van der Waals surface area contributed by atoms with Gasteiger partial charge in [0.1, 0.15) is 5.52 Å². The second-order valence-corrected chi connectivity index (χ2v) is 4.87. The number of H-pyrrole nitrogens is 2. The highest BCUT2D eigenvalue weighted by Crippen LogP contribution is 2.36. The predicted molar refractivity (Wildman–Crippen MR) is 76.2 cm³/mol. The van der Waals surface area contributed by atoms with Crippen LogP contribution in [-0.4, -0.2) is 19.9 Å². The van der Waals surface area contributed by atoms with E-state index < -0.39 is 11.9 Å². The number of imidazole rings is 1. The van der Waals surface area contributed by atoms with Crippen LogP contribution in [0.1, 0.15) is 5.69 Å². The van der Waals surface area contributed by atoms with Crippen molar-refractivity contribution in [2.45, 2.75) is 6.18 Å². The van der Waals surface area contributed by atoms with Gasteiger partial charge in [0.2, 0.25) is 0 Å². The minimum Gasteiger partial charge on any atom is -0.359 e. The number of halogens is 3. The molecule has 4 aromatic rings. The molecule has 0 unspecified atom stereocenters. The summed E-state index contributed by atoms with van der Waals surface area (Å²) in [5.74, 6) is 0.351. The zero-order valence-electron chi connectivity index (χ0n) is 11.1. The van der Waals surface area contributed by atoms with Crippen molar-refractivity contribution in [2.24, 2.45) is 0 Å². The molecule has 22 heavy (non-hydrogen) atoms. The Morgan fingerprint density at radius 2 is 1.77 bits per heavy atom. The van der Waals surface area contributed by atoms with E-state index in [-0.39, 0.29) is 16.6 Å². The minimum atomic E-state index is -4.55. The van der Waals surface area contributed by atoms with Gasteiger partial charge in [-0.3, -0.25) is 0 Å². The molecule has 0 saturated heterocycles.